The van der Waals surface area contributed by atoms with E-state index in [-0.39, 0.29) is 0 Å². The first-order chi connectivity index (χ1) is 8.63. The van der Waals surface area contributed by atoms with Gasteiger partial charge < -0.3 is 0 Å². The molecule has 2 rings (SSSR count). The summed E-state index contributed by atoms with van der Waals surface area (Å²) in [6.45, 7) is 2.00. The highest BCUT2D eigenvalue weighted by atomic mass is 35.5. The van der Waals surface area contributed by atoms with Crippen molar-refractivity contribution in [2.24, 2.45) is 0 Å². The van der Waals surface area contributed by atoms with Gasteiger partial charge in [-0.3, -0.25) is 0 Å². The summed E-state index contributed by atoms with van der Waals surface area (Å²) in [5, 5.41) is 0.353. The molecule has 0 aliphatic heterocycles. The van der Waals surface area contributed by atoms with Gasteiger partial charge in [-0.05, 0) is 24.6 Å². The Kier molecular flexibility index (Phi) is 3.87. The van der Waals surface area contributed by atoms with Crippen molar-refractivity contribution in [2.75, 3.05) is 0 Å². The molecule has 0 aliphatic rings. The Morgan fingerprint density at radius 2 is 1.94 bits per heavy atom. The second kappa shape index (κ2) is 5.40. The van der Waals surface area contributed by atoms with Gasteiger partial charge in [-0.15, -0.1) is 0 Å². The largest absolute Gasteiger partial charge is 0.236 e. The van der Waals surface area contributed by atoms with Gasteiger partial charge in [-0.1, -0.05) is 24.9 Å². The van der Waals surface area contributed by atoms with Crippen LogP contribution < -0.4 is 0 Å². The van der Waals surface area contributed by atoms with E-state index in [4.69, 9.17) is 11.6 Å². The third kappa shape index (κ3) is 2.48. The maximum atomic E-state index is 13.2. The number of benzene rings is 1. The monoisotopic (exact) mass is 268 g/mol. The van der Waals surface area contributed by atoms with Crippen molar-refractivity contribution in [3.8, 4) is 11.3 Å². The molecular weight excluding hydrogens is 258 g/mol. The second-order valence-corrected chi connectivity index (χ2v) is 4.23. The summed E-state index contributed by atoms with van der Waals surface area (Å²) in [7, 11) is 0. The maximum Gasteiger partial charge on any atom is 0.159 e. The first-order valence-electron chi connectivity index (χ1n) is 5.58. The highest BCUT2D eigenvalue weighted by Crippen LogP contribution is 2.27. The molecule has 0 aliphatic carbocycles. The van der Waals surface area contributed by atoms with Crippen LogP contribution in [0, 0.1) is 11.6 Å². The summed E-state index contributed by atoms with van der Waals surface area (Å²) >= 11 is 6.01. The van der Waals surface area contributed by atoms with Crippen LogP contribution in [0.2, 0.25) is 5.15 Å². The number of nitrogens with zero attached hydrogens (tertiary/aromatic N) is 2. The molecule has 0 amide bonds. The summed E-state index contributed by atoms with van der Waals surface area (Å²) < 4.78 is 26.1. The number of hydrogen-bond donors (Lipinski definition) is 0. The zero-order chi connectivity index (χ0) is 13.1. The minimum Gasteiger partial charge on any atom is -0.236 e. The van der Waals surface area contributed by atoms with Crippen LogP contribution in [0.3, 0.4) is 0 Å². The highest BCUT2D eigenvalue weighted by molar-refractivity contribution is 6.30. The van der Waals surface area contributed by atoms with E-state index in [2.05, 4.69) is 9.97 Å². The summed E-state index contributed by atoms with van der Waals surface area (Å²) in [5.74, 6) is -1.78. The summed E-state index contributed by atoms with van der Waals surface area (Å²) in [6, 6.07) is 3.68. The standard InChI is InChI=1S/C13H11ClF2N2/c1-2-3-9-12(17-7-18-13(9)14)8-4-5-10(15)11(16)6-8/h4-7H,2-3H2,1H3. The van der Waals surface area contributed by atoms with Gasteiger partial charge in [0.05, 0.1) is 5.69 Å². The molecule has 0 bridgehead atoms. The number of aromatic nitrogens is 2. The van der Waals surface area contributed by atoms with Crippen molar-refractivity contribution < 1.29 is 8.78 Å². The zero-order valence-corrected chi connectivity index (χ0v) is 10.5. The van der Waals surface area contributed by atoms with Crippen LogP contribution >= 0.6 is 11.6 Å². The normalized spacial score (nSPS) is 10.7. The molecule has 0 spiro atoms. The van der Waals surface area contributed by atoms with Crippen LogP contribution in [0.4, 0.5) is 8.78 Å². The molecule has 0 saturated heterocycles. The smallest absolute Gasteiger partial charge is 0.159 e. The quantitative estimate of drug-likeness (QED) is 0.786. The molecule has 0 unspecified atom stereocenters. The fourth-order valence-electron chi connectivity index (χ4n) is 1.75. The third-order valence-electron chi connectivity index (χ3n) is 2.59. The zero-order valence-electron chi connectivity index (χ0n) is 9.75. The fourth-order valence-corrected chi connectivity index (χ4v) is 1.98. The number of rotatable bonds is 3. The summed E-state index contributed by atoms with van der Waals surface area (Å²) in [6.07, 6.45) is 2.87. The van der Waals surface area contributed by atoms with Crippen LogP contribution in [-0.4, -0.2) is 9.97 Å². The lowest BCUT2D eigenvalue weighted by Gasteiger charge is -2.09. The molecule has 0 atom stereocenters. The SMILES string of the molecule is CCCc1c(Cl)ncnc1-c1ccc(F)c(F)c1. The second-order valence-electron chi connectivity index (χ2n) is 3.87. The Labute approximate surface area is 109 Å². The van der Waals surface area contributed by atoms with Gasteiger partial charge in [0, 0.05) is 11.1 Å². The average molecular weight is 269 g/mol. The fraction of sp³-hybridized carbons (Fsp3) is 0.231. The van der Waals surface area contributed by atoms with Gasteiger partial charge in [0.1, 0.15) is 11.5 Å². The lowest BCUT2D eigenvalue weighted by Crippen LogP contribution is -1.97. The first-order valence-corrected chi connectivity index (χ1v) is 5.96. The molecule has 2 nitrogen and oxygen atoms in total. The van der Waals surface area contributed by atoms with Crippen LogP contribution in [0.5, 0.6) is 0 Å². The van der Waals surface area contributed by atoms with Gasteiger partial charge >= 0.3 is 0 Å². The van der Waals surface area contributed by atoms with Gasteiger partial charge in [0.15, 0.2) is 11.6 Å². The van der Waals surface area contributed by atoms with Gasteiger partial charge in [0.25, 0.3) is 0 Å². The predicted octanol–water partition coefficient (Wildman–Crippen LogP) is 4.03. The Morgan fingerprint density at radius 3 is 2.61 bits per heavy atom. The Bertz CT molecular complexity index is 573. The number of hydrogen-bond acceptors (Lipinski definition) is 2. The molecule has 2 aromatic rings. The Morgan fingerprint density at radius 1 is 1.17 bits per heavy atom. The van der Waals surface area contributed by atoms with Crippen LogP contribution in [-0.2, 0) is 6.42 Å². The lowest BCUT2D eigenvalue weighted by atomic mass is 10.0. The topological polar surface area (TPSA) is 25.8 Å². The Balaban J connectivity index is 2.55. The molecule has 0 saturated carbocycles. The van der Waals surface area contributed by atoms with E-state index < -0.39 is 11.6 Å². The molecule has 0 fully saturated rings. The van der Waals surface area contributed by atoms with Gasteiger partial charge in [-0.2, -0.15) is 0 Å². The van der Waals surface area contributed by atoms with E-state index in [0.29, 0.717) is 22.8 Å². The molecular formula is C13H11ClF2N2. The minimum absolute atomic E-state index is 0.353. The van der Waals surface area contributed by atoms with E-state index in [1.165, 1.54) is 12.4 Å². The van der Waals surface area contributed by atoms with Gasteiger partial charge in [0.2, 0.25) is 0 Å². The molecule has 1 aromatic carbocycles. The van der Waals surface area contributed by atoms with Crippen molar-refractivity contribution in [1.82, 2.24) is 9.97 Å². The van der Waals surface area contributed by atoms with Crippen molar-refractivity contribution in [2.45, 2.75) is 19.8 Å². The van der Waals surface area contributed by atoms with Crippen molar-refractivity contribution in [3.05, 3.63) is 46.9 Å². The lowest BCUT2D eigenvalue weighted by molar-refractivity contribution is 0.509. The molecule has 1 aromatic heterocycles. The van der Waals surface area contributed by atoms with E-state index in [9.17, 15) is 8.78 Å². The molecule has 18 heavy (non-hydrogen) atoms. The van der Waals surface area contributed by atoms with E-state index >= 15 is 0 Å². The number of halogens is 3. The molecule has 0 N–H and O–H groups in total. The molecule has 0 radical (unpaired) electrons. The predicted molar refractivity (Wildman–Crippen MR) is 66.4 cm³/mol. The summed E-state index contributed by atoms with van der Waals surface area (Å²) in [4.78, 5) is 8.02. The Hall–Kier alpha value is -1.55. The van der Waals surface area contributed by atoms with Crippen LogP contribution in [0.15, 0.2) is 24.5 Å². The van der Waals surface area contributed by atoms with Crippen molar-refractivity contribution in [3.63, 3.8) is 0 Å². The van der Waals surface area contributed by atoms with Crippen molar-refractivity contribution >= 4 is 11.6 Å². The van der Waals surface area contributed by atoms with E-state index in [1.807, 2.05) is 6.92 Å². The third-order valence-corrected chi connectivity index (χ3v) is 2.91. The minimum atomic E-state index is -0.898. The molecule has 94 valence electrons. The average Bonchev–Trinajstić information content (AvgIpc) is 2.35. The van der Waals surface area contributed by atoms with E-state index in [1.54, 1.807) is 0 Å². The molecule has 1 heterocycles. The highest BCUT2D eigenvalue weighted by Gasteiger charge is 2.13. The van der Waals surface area contributed by atoms with E-state index in [0.717, 1.165) is 24.1 Å². The van der Waals surface area contributed by atoms with Crippen LogP contribution in [0.25, 0.3) is 11.3 Å². The van der Waals surface area contributed by atoms with Crippen LogP contribution in [0.1, 0.15) is 18.9 Å². The maximum absolute atomic E-state index is 13.2. The van der Waals surface area contributed by atoms with Gasteiger partial charge in [-0.25, -0.2) is 18.7 Å². The van der Waals surface area contributed by atoms with Crippen molar-refractivity contribution in [1.29, 1.82) is 0 Å². The first kappa shape index (κ1) is 12.9. The molecule has 5 heteroatoms. The summed E-state index contributed by atoms with van der Waals surface area (Å²) in [5.41, 5.74) is 1.81.